The van der Waals surface area contributed by atoms with Crippen molar-refractivity contribution >= 4 is 10.0 Å². The molecule has 0 bridgehead atoms. The van der Waals surface area contributed by atoms with Gasteiger partial charge in [0.05, 0.1) is 31.6 Å². The van der Waals surface area contributed by atoms with Gasteiger partial charge in [-0.3, -0.25) is 0 Å². The third kappa shape index (κ3) is 1.95. The molecule has 0 unspecified atom stereocenters. The highest BCUT2D eigenvalue weighted by Crippen LogP contribution is 2.13. The van der Waals surface area contributed by atoms with Crippen LogP contribution < -0.4 is 0 Å². The van der Waals surface area contributed by atoms with Crippen molar-refractivity contribution in [2.45, 2.75) is 12.1 Å². The van der Waals surface area contributed by atoms with Crippen molar-refractivity contribution in [3.8, 4) is 0 Å². The van der Waals surface area contributed by atoms with Gasteiger partial charge >= 0.3 is 0 Å². The summed E-state index contributed by atoms with van der Waals surface area (Å²) in [5, 5.41) is 9.29. The quantitative estimate of drug-likeness (QED) is 0.591. The molecule has 0 aromatic rings. The molecule has 12 heavy (non-hydrogen) atoms. The number of likely N-dealkylation sites (N-methyl/N-ethyl adjacent to an activating group) is 1. The first-order chi connectivity index (χ1) is 5.43. The van der Waals surface area contributed by atoms with E-state index in [2.05, 4.69) is 0 Å². The third-order valence-corrected chi connectivity index (χ3v) is 3.33. The molecular formula is C6H13NO4S. The molecule has 6 heteroatoms. The van der Waals surface area contributed by atoms with E-state index in [-0.39, 0.29) is 13.2 Å². The van der Waals surface area contributed by atoms with E-state index in [0.717, 1.165) is 10.6 Å². The van der Waals surface area contributed by atoms with Gasteiger partial charge in [0, 0.05) is 7.05 Å². The average molecular weight is 195 g/mol. The monoisotopic (exact) mass is 195 g/mol. The van der Waals surface area contributed by atoms with Crippen molar-refractivity contribution < 1.29 is 18.3 Å². The zero-order valence-corrected chi connectivity index (χ0v) is 7.91. The van der Waals surface area contributed by atoms with E-state index in [9.17, 15) is 13.5 Å². The van der Waals surface area contributed by atoms with Crippen molar-refractivity contribution in [3.05, 3.63) is 0 Å². The van der Waals surface area contributed by atoms with Crippen LogP contribution in [0.25, 0.3) is 0 Å². The van der Waals surface area contributed by atoms with Crippen molar-refractivity contribution in [2.24, 2.45) is 0 Å². The maximum atomic E-state index is 11.0. The number of rotatable bonds is 2. The molecule has 1 fully saturated rings. The molecule has 1 N–H and O–H groups in total. The van der Waals surface area contributed by atoms with Crippen LogP contribution in [0.4, 0.5) is 0 Å². The van der Waals surface area contributed by atoms with E-state index in [1.807, 2.05) is 0 Å². The molecule has 72 valence electrons. The number of hydrogen-bond donors (Lipinski definition) is 1. The van der Waals surface area contributed by atoms with E-state index in [1.54, 1.807) is 0 Å². The summed E-state index contributed by atoms with van der Waals surface area (Å²) in [5.41, 5.74) is 0. The molecule has 0 amide bonds. The minimum absolute atomic E-state index is 0.213. The second kappa shape index (κ2) is 3.29. The summed E-state index contributed by atoms with van der Waals surface area (Å²) in [6.07, 6.45) is 0.405. The molecule has 5 nitrogen and oxygen atoms in total. The topological polar surface area (TPSA) is 66.8 Å². The highest BCUT2D eigenvalue weighted by atomic mass is 32.2. The summed E-state index contributed by atoms with van der Waals surface area (Å²) in [5.74, 6) is 0. The van der Waals surface area contributed by atoms with E-state index < -0.39 is 22.2 Å². The average Bonchev–Trinajstić information content (AvgIpc) is 2.31. The van der Waals surface area contributed by atoms with Gasteiger partial charge in [-0.1, -0.05) is 0 Å². The highest BCUT2D eigenvalue weighted by molar-refractivity contribution is 7.88. The Morgan fingerprint density at radius 2 is 2.08 bits per heavy atom. The van der Waals surface area contributed by atoms with Crippen molar-refractivity contribution in [1.82, 2.24) is 4.31 Å². The molecule has 1 aliphatic heterocycles. The Hall–Kier alpha value is -0.170. The van der Waals surface area contributed by atoms with Crippen molar-refractivity contribution in [1.29, 1.82) is 0 Å². The van der Waals surface area contributed by atoms with Crippen molar-refractivity contribution in [3.63, 3.8) is 0 Å². The number of hydrogen-bond acceptors (Lipinski definition) is 4. The molecule has 1 heterocycles. The smallest absolute Gasteiger partial charge is 0.211 e. The fourth-order valence-electron chi connectivity index (χ4n) is 1.12. The zero-order valence-electron chi connectivity index (χ0n) is 7.10. The van der Waals surface area contributed by atoms with Crippen LogP contribution in [0.3, 0.4) is 0 Å². The summed E-state index contributed by atoms with van der Waals surface area (Å²) < 4.78 is 28.1. The van der Waals surface area contributed by atoms with Crippen LogP contribution in [0.2, 0.25) is 0 Å². The first-order valence-electron chi connectivity index (χ1n) is 3.61. The van der Waals surface area contributed by atoms with Crippen LogP contribution in [0.5, 0.6) is 0 Å². The van der Waals surface area contributed by atoms with Gasteiger partial charge in [-0.2, -0.15) is 4.31 Å². The number of aliphatic hydroxyl groups is 1. The number of nitrogens with zero attached hydrogens (tertiary/aromatic N) is 1. The Balaban J connectivity index is 2.70. The van der Waals surface area contributed by atoms with Crippen molar-refractivity contribution in [2.75, 3.05) is 26.5 Å². The summed E-state index contributed by atoms with van der Waals surface area (Å²) in [7, 11) is -1.78. The van der Waals surface area contributed by atoms with Gasteiger partial charge in [0.1, 0.15) is 0 Å². The molecule has 0 aromatic heterocycles. The van der Waals surface area contributed by atoms with Crippen LogP contribution in [0.1, 0.15) is 0 Å². The summed E-state index contributed by atoms with van der Waals surface area (Å²) in [6, 6.07) is -0.431. The molecular weight excluding hydrogens is 182 g/mol. The Morgan fingerprint density at radius 3 is 2.42 bits per heavy atom. The fourth-order valence-corrected chi connectivity index (χ4v) is 1.82. The molecule has 2 atom stereocenters. The number of aliphatic hydroxyl groups excluding tert-OH is 1. The minimum atomic E-state index is -3.23. The lowest BCUT2D eigenvalue weighted by atomic mass is 10.2. The minimum Gasteiger partial charge on any atom is -0.389 e. The van der Waals surface area contributed by atoms with Crippen LogP contribution >= 0.6 is 0 Å². The second-order valence-electron chi connectivity index (χ2n) is 2.95. The van der Waals surface area contributed by atoms with E-state index >= 15 is 0 Å². The standard InChI is InChI=1S/C6H13NO4S/c1-7(12(2,9)10)5-3-11-4-6(5)8/h5-6,8H,3-4H2,1-2H3/t5-,6-/m1/s1. The predicted molar refractivity (Wildman–Crippen MR) is 43.2 cm³/mol. The number of sulfonamides is 1. The molecule has 1 saturated heterocycles. The summed E-state index contributed by atoms with van der Waals surface area (Å²) >= 11 is 0. The maximum absolute atomic E-state index is 11.0. The molecule has 0 aromatic carbocycles. The summed E-state index contributed by atoms with van der Waals surface area (Å²) in [6.45, 7) is 0.481. The van der Waals surface area contributed by atoms with Crippen LogP contribution in [-0.2, 0) is 14.8 Å². The predicted octanol–water partition coefficient (Wildman–Crippen LogP) is -1.36. The molecule has 0 spiro atoms. The van der Waals surface area contributed by atoms with Gasteiger partial charge < -0.3 is 9.84 Å². The van der Waals surface area contributed by atoms with Crippen LogP contribution in [-0.4, -0.2) is 56.5 Å². The molecule has 0 saturated carbocycles. The molecule has 1 aliphatic rings. The Kier molecular flexibility index (Phi) is 2.72. The normalized spacial score (nSPS) is 31.3. The van der Waals surface area contributed by atoms with Crippen LogP contribution in [0, 0.1) is 0 Å². The first-order valence-corrected chi connectivity index (χ1v) is 5.46. The first kappa shape index (κ1) is 9.91. The van der Waals surface area contributed by atoms with E-state index in [0.29, 0.717) is 0 Å². The van der Waals surface area contributed by atoms with Gasteiger partial charge in [-0.05, 0) is 0 Å². The molecule has 0 radical (unpaired) electrons. The number of ether oxygens (including phenoxy) is 1. The molecule has 1 rings (SSSR count). The largest absolute Gasteiger partial charge is 0.389 e. The fraction of sp³-hybridized carbons (Fsp3) is 1.00. The Bertz CT molecular complexity index is 250. The van der Waals surface area contributed by atoms with Gasteiger partial charge in [-0.25, -0.2) is 8.42 Å². The van der Waals surface area contributed by atoms with Gasteiger partial charge in [0.2, 0.25) is 10.0 Å². The van der Waals surface area contributed by atoms with E-state index in [4.69, 9.17) is 4.74 Å². The summed E-state index contributed by atoms with van der Waals surface area (Å²) in [4.78, 5) is 0. The maximum Gasteiger partial charge on any atom is 0.211 e. The second-order valence-corrected chi connectivity index (χ2v) is 4.99. The van der Waals surface area contributed by atoms with Crippen LogP contribution in [0.15, 0.2) is 0 Å². The van der Waals surface area contributed by atoms with Gasteiger partial charge in [0.15, 0.2) is 0 Å². The lowest BCUT2D eigenvalue weighted by molar-refractivity contribution is 0.115. The highest BCUT2D eigenvalue weighted by Gasteiger charge is 2.33. The van der Waals surface area contributed by atoms with Gasteiger partial charge in [0.25, 0.3) is 0 Å². The zero-order chi connectivity index (χ0) is 9.35. The third-order valence-electron chi connectivity index (χ3n) is 2.01. The van der Waals surface area contributed by atoms with Gasteiger partial charge in [-0.15, -0.1) is 0 Å². The SMILES string of the molecule is CN([C@@H]1COC[C@H]1O)S(C)(=O)=O. The lowest BCUT2D eigenvalue weighted by Gasteiger charge is -2.22. The Labute approximate surface area is 72.0 Å². The Morgan fingerprint density at radius 1 is 1.50 bits per heavy atom. The molecule has 0 aliphatic carbocycles. The van der Waals surface area contributed by atoms with E-state index in [1.165, 1.54) is 7.05 Å². The lowest BCUT2D eigenvalue weighted by Crippen LogP contribution is -2.43.